The number of aliphatic carboxylic acids is 1. The normalized spacial score (nSPS) is 12.2. The summed E-state index contributed by atoms with van der Waals surface area (Å²) >= 11 is 0. The highest BCUT2D eigenvalue weighted by molar-refractivity contribution is 5.85. The first-order valence-corrected chi connectivity index (χ1v) is 4.70. The molecule has 1 aromatic rings. The molecule has 3 N–H and O–H groups in total. The highest BCUT2D eigenvalue weighted by atomic mass is 16.6. The lowest BCUT2D eigenvalue weighted by atomic mass is 10.1. The van der Waals surface area contributed by atoms with E-state index < -0.39 is 18.2 Å². The standard InChI is InChI=1S/C9H13N3O4/c1-5(2)6(7(13)14)16-9(15)12-8-10-3-4-11-8/h3-6H,1-2H3,(H,13,14)(H2,10,11,12,15). The average Bonchev–Trinajstić information content (AvgIpc) is 2.65. The number of carbonyl (C=O) groups is 2. The largest absolute Gasteiger partial charge is 0.478 e. The molecule has 0 aliphatic carbocycles. The molecule has 0 bridgehead atoms. The van der Waals surface area contributed by atoms with Crippen LogP contribution in [0, 0.1) is 5.92 Å². The summed E-state index contributed by atoms with van der Waals surface area (Å²) in [6, 6.07) is 0. The van der Waals surface area contributed by atoms with E-state index in [2.05, 4.69) is 15.3 Å². The van der Waals surface area contributed by atoms with Crippen molar-refractivity contribution in [3.05, 3.63) is 12.4 Å². The molecule has 0 spiro atoms. The van der Waals surface area contributed by atoms with E-state index in [0.717, 1.165) is 0 Å². The quantitative estimate of drug-likeness (QED) is 0.713. The lowest BCUT2D eigenvalue weighted by molar-refractivity contribution is -0.148. The number of ether oxygens (including phenoxy) is 1. The van der Waals surface area contributed by atoms with E-state index in [9.17, 15) is 9.59 Å². The van der Waals surface area contributed by atoms with Gasteiger partial charge in [-0.05, 0) is 0 Å². The van der Waals surface area contributed by atoms with Gasteiger partial charge in [0.2, 0.25) is 12.1 Å². The molecule has 0 radical (unpaired) electrons. The van der Waals surface area contributed by atoms with Crippen LogP contribution in [-0.2, 0) is 9.53 Å². The van der Waals surface area contributed by atoms with Crippen LogP contribution < -0.4 is 5.32 Å². The van der Waals surface area contributed by atoms with E-state index in [4.69, 9.17) is 9.84 Å². The molecule has 88 valence electrons. The Morgan fingerprint density at radius 3 is 2.69 bits per heavy atom. The van der Waals surface area contributed by atoms with Crippen LogP contribution in [0.3, 0.4) is 0 Å². The van der Waals surface area contributed by atoms with Crippen molar-refractivity contribution in [2.24, 2.45) is 5.92 Å². The van der Waals surface area contributed by atoms with Gasteiger partial charge in [0, 0.05) is 18.3 Å². The lowest BCUT2D eigenvalue weighted by Gasteiger charge is -2.16. The molecule has 0 fully saturated rings. The van der Waals surface area contributed by atoms with Gasteiger partial charge in [-0.15, -0.1) is 0 Å². The Hall–Kier alpha value is -2.05. The summed E-state index contributed by atoms with van der Waals surface area (Å²) in [7, 11) is 0. The zero-order valence-corrected chi connectivity index (χ0v) is 8.93. The van der Waals surface area contributed by atoms with E-state index in [1.54, 1.807) is 13.8 Å². The van der Waals surface area contributed by atoms with Crippen molar-refractivity contribution in [3.8, 4) is 0 Å². The Morgan fingerprint density at radius 2 is 2.25 bits per heavy atom. The zero-order chi connectivity index (χ0) is 12.1. The van der Waals surface area contributed by atoms with E-state index in [1.165, 1.54) is 12.4 Å². The van der Waals surface area contributed by atoms with Gasteiger partial charge < -0.3 is 14.8 Å². The second-order valence-electron chi connectivity index (χ2n) is 3.47. The lowest BCUT2D eigenvalue weighted by Crippen LogP contribution is -2.33. The average molecular weight is 227 g/mol. The second kappa shape index (κ2) is 5.15. The number of carbonyl (C=O) groups excluding carboxylic acids is 1. The molecule has 0 saturated carbocycles. The molecule has 0 aromatic carbocycles. The van der Waals surface area contributed by atoms with Gasteiger partial charge in [0.15, 0.2) is 0 Å². The first kappa shape index (κ1) is 12.0. The number of nitrogens with one attached hydrogen (secondary N) is 2. The molecule has 0 saturated heterocycles. The molecule has 1 atom stereocenters. The monoisotopic (exact) mass is 227 g/mol. The predicted octanol–water partition coefficient (Wildman–Crippen LogP) is 1.07. The first-order chi connectivity index (χ1) is 7.50. The van der Waals surface area contributed by atoms with Crippen LogP contribution in [0.5, 0.6) is 0 Å². The minimum atomic E-state index is -1.18. The molecule has 7 heteroatoms. The molecule has 0 aliphatic heterocycles. The number of hydrogen-bond acceptors (Lipinski definition) is 4. The summed E-state index contributed by atoms with van der Waals surface area (Å²) in [6.07, 6.45) is 0.949. The Bertz CT molecular complexity index is 361. The smallest absolute Gasteiger partial charge is 0.414 e. The van der Waals surface area contributed by atoms with Crippen LogP contribution in [0.15, 0.2) is 12.4 Å². The Labute approximate surface area is 91.8 Å². The van der Waals surface area contributed by atoms with Crippen LogP contribution >= 0.6 is 0 Å². The molecular formula is C9H13N3O4. The fourth-order valence-corrected chi connectivity index (χ4v) is 1.05. The van der Waals surface area contributed by atoms with E-state index in [0.29, 0.717) is 0 Å². The minimum absolute atomic E-state index is 0.206. The van der Waals surface area contributed by atoms with Crippen molar-refractivity contribution in [1.29, 1.82) is 0 Å². The van der Waals surface area contributed by atoms with E-state index in [1.807, 2.05) is 0 Å². The summed E-state index contributed by atoms with van der Waals surface area (Å²) in [5.74, 6) is -1.28. The molecule has 1 heterocycles. The van der Waals surface area contributed by atoms with Crippen molar-refractivity contribution < 1.29 is 19.4 Å². The number of anilines is 1. The maximum atomic E-state index is 11.3. The minimum Gasteiger partial charge on any atom is -0.478 e. The molecule has 1 aromatic heterocycles. The fourth-order valence-electron chi connectivity index (χ4n) is 1.05. The number of carboxylic acids is 1. The van der Waals surface area contributed by atoms with Crippen LogP contribution in [0.2, 0.25) is 0 Å². The van der Waals surface area contributed by atoms with Crippen LogP contribution in [0.4, 0.5) is 10.7 Å². The van der Waals surface area contributed by atoms with Crippen molar-refractivity contribution in [2.75, 3.05) is 5.32 Å². The third-order valence-electron chi connectivity index (χ3n) is 1.80. The van der Waals surface area contributed by atoms with Gasteiger partial charge in [-0.2, -0.15) is 0 Å². The number of H-pyrrole nitrogens is 1. The van der Waals surface area contributed by atoms with Crippen molar-refractivity contribution in [1.82, 2.24) is 9.97 Å². The van der Waals surface area contributed by atoms with E-state index >= 15 is 0 Å². The van der Waals surface area contributed by atoms with Gasteiger partial charge in [0.05, 0.1) is 0 Å². The SMILES string of the molecule is CC(C)C(OC(=O)Nc1ncc[nH]1)C(=O)O. The number of hydrogen-bond donors (Lipinski definition) is 3. The number of carboxylic acid groups (broad SMARTS) is 1. The third-order valence-corrected chi connectivity index (χ3v) is 1.80. The molecule has 1 unspecified atom stereocenters. The van der Waals surface area contributed by atoms with Crippen molar-refractivity contribution >= 4 is 18.0 Å². The molecular weight excluding hydrogens is 214 g/mol. The topological polar surface area (TPSA) is 104 Å². The Balaban J connectivity index is 2.52. The number of amides is 1. The molecule has 1 rings (SSSR count). The maximum absolute atomic E-state index is 11.3. The molecule has 16 heavy (non-hydrogen) atoms. The number of rotatable bonds is 4. The van der Waals surface area contributed by atoms with Crippen LogP contribution in [0.25, 0.3) is 0 Å². The number of aromatic amines is 1. The molecule has 7 nitrogen and oxygen atoms in total. The third kappa shape index (κ3) is 3.26. The van der Waals surface area contributed by atoms with Gasteiger partial charge in [0.25, 0.3) is 0 Å². The van der Waals surface area contributed by atoms with Gasteiger partial charge in [-0.3, -0.25) is 5.32 Å². The summed E-state index contributed by atoms with van der Waals surface area (Å²) in [5.41, 5.74) is 0. The summed E-state index contributed by atoms with van der Waals surface area (Å²) in [5, 5.41) is 11.1. The van der Waals surface area contributed by atoms with Crippen LogP contribution in [-0.4, -0.2) is 33.2 Å². The second-order valence-corrected chi connectivity index (χ2v) is 3.47. The number of aromatic nitrogens is 2. The highest BCUT2D eigenvalue weighted by Gasteiger charge is 2.25. The van der Waals surface area contributed by atoms with Crippen molar-refractivity contribution in [2.45, 2.75) is 20.0 Å². The summed E-state index contributed by atoms with van der Waals surface area (Å²) in [4.78, 5) is 28.4. The number of nitrogens with zero attached hydrogens (tertiary/aromatic N) is 1. The Kier molecular flexibility index (Phi) is 3.87. The number of imidazole rings is 1. The van der Waals surface area contributed by atoms with Gasteiger partial charge in [-0.1, -0.05) is 13.8 Å². The molecule has 0 aliphatic rings. The van der Waals surface area contributed by atoms with Gasteiger partial charge >= 0.3 is 12.1 Å². The van der Waals surface area contributed by atoms with Crippen molar-refractivity contribution in [3.63, 3.8) is 0 Å². The molecule has 1 amide bonds. The maximum Gasteiger partial charge on any atom is 0.414 e. The zero-order valence-electron chi connectivity index (χ0n) is 8.93. The van der Waals surface area contributed by atoms with Gasteiger partial charge in [-0.25, -0.2) is 14.6 Å². The van der Waals surface area contributed by atoms with Crippen LogP contribution in [0.1, 0.15) is 13.8 Å². The first-order valence-electron chi connectivity index (χ1n) is 4.70. The summed E-state index contributed by atoms with van der Waals surface area (Å²) in [6.45, 7) is 3.30. The fraction of sp³-hybridized carbons (Fsp3) is 0.444. The highest BCUT2D eigenvalue weighted by Crippen LogP contribution is 2.08. The predicted molar refractivity (Wildman–Crippen MR) is 55.0 cm³/mol. The van der Waals surface area contributed by atoms with E-state index in [-0.39, 0.29) is 11.9 Å². The van der Waals surface area contributed by atoms with Gasteiger partial charge in [0.1, 0.15) is 0 Å². The summed E-state index contributed by atoms with van der Waals surface area (Å²) < 4.78 is 4.74. The Morgan fingerprint density at radius 1 is 1.56 bits per heavy atom.